The zero-order valence-electron chi connectivity index (χ0n) is 10.8. The number of carbonyl (C=O) groups excluding carboxylic acids is 1. The highest BCUT2D eigenvalue weighted by Gasteiger charge is 2.08. The smallest absolute Gasteiger partial charge is 0.136 e. The van der Waals surface area contributed by atoms with Gasteiger partial charge in [0.15, 0.2) is 0 Å². The van der Waals surface area contributed by atoms with E-state index in [4.69, 9.17) is 4.74 Å². The van der Waals surface area contributed by atoms with Gasteiger partial charge < -0.3 is 4.74 Å². The maximum atomic E-state index is 11.6. The van der Waals surface area contributed by atoms with Crippen molar-refractivity contribution in [3.63, 3.8) is 0 Å². The molecule has 1 rings (SSSR count). The Morgan fingerprint density at radius 2 is 2.00 bits per heavy atom. The van der Waals surface area contributed by atoms with Crippen LogP contribution in [0.2, 0.25) is 0 Å². The maximum absolute atomic E-state index is 11.6. The van der Waals surface area contributed by atoms with Crippen LogP contribution in [0, 0.1) is 5.92 Å². The Bertz CT molecular complexity index is 319. The molecule has 0 aliphatic carbocycles. The number of hydrogen-bond acceptors (Lipinski definition) is 2. The van der Waals surface area contributed by atoms with Gasteiger partial charge in [0.05, 0.1) is 6.61 Å². The van der Waals surface area contributed by atoms with Crippen molar-refractivity contribution in [3.8, 4) is 5.75 Å². The molecule has 94 valence electrons. The third kappa shape index (κ3) is 6.10. The Morgan fingerprint density at radius 1 is 1.29 bits per heavy atom. The van der Waals surface area contributed by atoms with Crippen LogP contribution in [0.3, 0.4) is 0 Å². The van der Waals surface area contributed by atoms with Crippen LogP contribution in [0.4, 0.5) is 0 Å². The third-order valence-corrected chi connectivity index (χ3v) is 2.75. The van der Waals surface area contributed by atoms with Gasteiger partial charge in [0, 0.05) is 12.8 Å². The Kier molecular flexibility index (Phi) is 6.38. The van der Waals surface area contributed by atoms with Gasteiger partial charge in [0.25, 0.3) is 0 Å². The second-order valence-electron chi connectivity index (χ2n) is 4.55. The summed E-state index contributed by atoms with van der Waals surface area (Å²) >= 11 is 0. The van der Waals surface area contributed by atoms with E-state index >= 15 is 0 Å². The number of para-hydroxylation sites is 1. The third-order valence-electron chi connectivity index (χ3n) is 2.75. The number of hydrogen-bond donors (Lipinski definition) is 0. The highest BCUT2D eigenvalue weighted by molar-refractivity contribution is 5.78. The summed E-state index contributed by atoms with van der Waals surface area (Å²) < 4.78 is 5.50. The van der Waals surface area contributed by atoms with Crippen LogP contribution in [0.15, 0.2) is 30.3 Å². The fraction of sp³-hybridized carbons (Fsp3) is 0.533. The van der Waals surface area contributed by atoms with Crippen LogP contribution in [-0.2, 0) is 4.79 Å². The molecule has 1 aromatic carbocycles. The Labute approximate surface area is 104 Å². The van der Waals surface area contributed by atoms with Crippen LogP contribution in [0.5, 0.6) is 5.75 Å². The molecule has 17 heavy (non-hydrogen) atoms. The molecule has 0 aliphatic heterocycles. The molecular formula is C15H22O2. The van der Waals surface area contributed by atoms with Gasteiger partial charge in [-0.15, -0.1) is 0 Å². The van der Waals surface area contributed by atoms with Gasteiger partial charge in [0.1, 0.15) is 11.5 Å². The van der Waals surface area contributed by atoms with Crippen molar-refractivity contribution in [2.45, 2.75) is 39.5 Å². The van der Waals surface area contributed by atoms with E-state index in [2.05, 4.69) is 13.8 Å². The Hall–Kier alpha value is -1.31. The quantitative estimate of drug-likeness (QED) is 0.683. The number of Topliss-reactive ketones (excluding diaryl/α,β-unsaturated/α-hetero) is 1. The minimum Gasteiger partial charge on any atom is -0.493 e. The zero-order chi connectivity index (χ0) is 12.5. The molecule has 1 atom stereocenters. The molecule has 1 unspecified atom stereocenters. The summed E-state index contributed by atoms with van der Waals surface area (Å²) in [5.74, 6) is 1.65. The summed E-state index contributed by atoms with van der Waals surface area (Å²) in [4.78, 5) is 11.6. The molecule has 0 aromatic heterocycles. The van der Waals surface area contributed by atoms with Crippen LogP contribution < -0.4 is 4.74 Å². The molecule has 2 nitrogen and oxygen atoms in total. The van der Waals surface area contributed by atoms with Gasteiger partial charge in [-0.05, 0) is 18.1 Å². The standard InChI is InChI=1S/C15H22O2/c1-3-7-13(2)12-14(16)10-11-17-15-8-5-4-6-9-15/h4-6,8-9,13H,3,7,10-12H2,1-2H3. The molecule has 0 heterocycles. The van der Waals surface area contributed by atoms with E-state index in [9.17, 15) is 4.79 Å². The zero-order valence-corrected chi connectivity index (χ0v) is 10.8. The molecule has 0 radical (unpaired) electrons. The molecule has 1 aromatic rings. The fourth-order valence-corrected chi connectivity index (χ4v) is 1.89. The normalized spacial score (nSPS) is 12.1. The highest BCUT2D eigenvalue weighted by atomic mass is 16.5. The second kappa shape index (κ2) is 7.88. The highest BCUT2D eigenvalue weighted by Crippen LogP contribution is 2.12. The minimum atomic E-state index is 0.307. The molecule has 0 N–H and O–H groups in total. The van der Waals surface area contributed by atoms with Crippen molar-refractivity contribution < 1.29 is 9.53 Å². The first-order chi connectivity index (χ1) is 8.22. The van der Waals surface area contributed by atoms with Crippen LogP contribution in [0.25, 0.3) is 0 Å². The van der Waals surface area contributed by atoms with Crippen molar-refractivity contribution in [2.75, 3.05) is 6.61 Å². The molecule has 0 fully saturated rings. The topological polar surface area (TPSA) is 26.3 Å². The van der Waals surface area contributed by atoms with Gasteiger partial charge >= 0.3 is 0 Å². The number of ether oxygens (including phenoxy) is 1. The lowest BCUT2D eigenvalue weighted by Gasteiger charge is -2.09. The van der Waals surface area contributed by atoms with E-state index in [0.717, 1.165) is 18.6 Å². The monoisotopic (exact) mass is 234 g/mol. The minimum absolute atomic E-state index is 0.307. The van der Waals surface area contributed by atoms with Gasteiger partial charge in [-0.25, -0.2) is 0 Å². The molecule has 2 heteroatoms. The van der Waals surface area contributed by atoms with Crippen molar-refractivity contribution in [3.05, 3.63) is 30.3 Å². The largest absolute Gasteiger partial charge is 0.493 e. The number of benzene rings is 1. The first-order valence-corrected chi connectivity index (χ1v) is 6.42. The summed E-state index contributed by atoms with van der Waals surface area (Å²) in [6.07, 6.45) is 3.48. The lowest BCUT2D eigenvalue weighted by atomic mass is 9.98. The van der Waals surface area contributed by atoms with Crippen molar-refractivity contribution in [1.82, 2.24) is 0 Å². The summed E-state index contributed by atoms with van der Waals surface area (Å²) in [5.41, 5.74) is 0. The van der Waals surface area contributed by atoms with Crippen molar-refractivity contribution >= 4 is 5.78 Å². The molecule has 0 aliphatic rings. The van der Waals surface area contributed by atoms with Gasteiger partial charge in [-0.2, -0.15) is 0 Å². The SMILES string of the molecule is CCCC(C)CC(=O)CCOc1ccccc1. The van der Waals surface area contributed by atoms with E-state index in [1.807, 2.05) is 30.3 Å². The van der Waals surface area contributed by atoms with Crippen LogP contribution in [0.1, 0.15) is 39.5 Å². The summed E-state index contributed by atoms with van der Waals surface area (Å²) in [5, 5.41) is 0. The van der Waals surface area contributed by atoms with Gasteiger partial charge in [-0.1, -0.05) is 44.9 Å². The maximum Gasteiger partial charge on any atom is 0.136 e. The van der Waals surface area contributed by atoms with Gasteiger partial charge in [-0.3, -0.25) is 4.79 Å². The lowest BCUT2D eigenvalue weighted by Crippen LogP contribution is -2.10. The average molecular weight is 234 g/mol. The summed E-state index contributed by atoms with van der Waals surface area (Å²) in [6.45, 7) is 4.78. The van der Waals surface area contributed by atoms with Crippen LogP contribution in [-0.4, -0.2) is 12.4 Å². The number of rotatable bonds is 8. The summed E-state index contributed by atoms with van der Waals surface area (Å²) in [6, 6.07) is 9.62. The predicted molar refractivity (Wildman–Crippen MR) is 70.3 cm³/mol. The van der Waals surface area contributed by atoms with E-state index in [-0.39, 0.29) is 0 Å². The van der Waals surface area contributed by atoms with Crippen molar-refractivity contribution in [2.24, 2.45) is 5.92 Å². The molecule has 0 bridgehead atoms. The number of ketones is 1. The van der Waals surface area contributed by atoms with Crippen LogP contribution >= 0.6 is 0 Å². The van der Waals surface area contributed by atoms with E-state index in [0.29, 0.717) is 31.1 Å². The fourth-order valence-electron chi connectivity index (χ4n) is 1.89. The Morgan fingerprint density at radius 3 is 2.65 bits per heavy atom. The van der Waals surface area contributed by atoms with E-state index in [1.54, 1.807) is 0 Å². The second-order valence-corrected chi connectivity index (χ2v) is 4.55. The molecule has 0 saturated carbocycles. The first kappa shape index (κ1) is 13.8. The molecule has 0 saturated heterocycles. The molecule has 0 amide bonds. The summed E-state index contributed by atoms with van der Waals surface area (Å²) in [7, 11) is 0. The van der Waals surface area contributed by atoms with Gasteiger partial charge in [0.2, 0.25) is 0 Å². The molecule has 0 spiro atoms. The first-order valence-electron chi connectivity index (χ1n) is 6.42. The average Bonchev–Trinajstić information content (AvgIpc) is 2.30. The van der Waals surface area contributed by atoms with Crippen molar-refractivity contribution in [1.29, 1.82) is 0 Å². The number of carbonyl (C=O) groups is 1. The Balaban J connectivity index is 2.16. The lowest BCUT2D eigenvalue weighted by molar-refractivity contribution is -0.120. The molecular weight excluding hydrogens is 212 g/mol. The van der Waals surface area contributed by atoms with E-state index < -0.39 is 0 Å². The predicted octanol–water partition coefficient (Wildman–Crippen LogP) is 3.85. The van der Waals surface area contributed by atoms with E-state index in [1.165, 1.54) is 0 Å².